The second-order valence-electron chi connectivity index (χ2n) is 5.42. The maximum absolute atomic E-state index is 12.0. The van der Waals surface area contributed by atoms with Crippen molar-refractivity contribution in [3.05, 3.63) is 11.4 Å². The molecular weight excluding hydrogens is 226 g/mol. The van der Waals surface area contributed by atoms with Gasteiger partial charge in [0.05, 0.1) is 17.1 Å². The monoisotopic (exact) mass is 249 g/mol. The highest BCUT2D eigenvalue weighted by Crippen LogP contribution is 2.26. The number of aryl methyl sites for hydroxylation is 2. The quantitative estimate of drug-likeness (QED) is 0.807. The highest BCUT2D eigenvalue weighted by molar-refractivity contribution is 5.91. The van der Waals surface area contributed by atoms with Gasteiger partial charge in [-0.1, -0.05) is 25.7 Å². The first-order valence-electron chi connectivity index (χ1n) is 6.98. The molecular formula is C14H23N3O. The summed E-state index contributed by atoms with van der Waals surface area (Å²) in [6.45, 7) is 3.84. The SMILES string of the molecule is Cc1n[nH]c(C)c1NC(=O)CC1CCCCCC1. The number of nitrogens with zero attached hydrogens (tertiary/aromatic N) is 1. The van der Waals surface area contributed by atoms with Crippen LogP contribution in [0.5, 0.6) is 0 Å². The summed E-state index contributed by atoms with van der Waals surface area (Å²) >= 11 is 0. The number of aromatic amines is 1. The standard InChI is InChI=1S/C14H23N3O/c1-10-14(11(2)17-16-10)15-13(18)9-12-7-5-3-4-6-8-12/h12H,3-9H2,1-2H3,(H,15,18)(H,16,17). The molecule has 1 saturated carbocycles. The van der Waals surface area contributed by atoms with Gasteiger partial charge in [0.2, 0.25) is 5.91 Å². The second kappa shape index (κ2) is 6.03. The number of rotatable bonds is 3. The fourth-order valence-corrected chi connectivity index (χ4v) is 2.76. The van der Waals surface area contributed by atoms with E-state index < -0.39 is 0 Å². The summed E-state index contributed by atoms with van der Waals surface area (Å²) in [5.41, 5.74) is 2.65. The van der Waals surface area contributed by atoms with E-state index in [1.807, 2.05) is 13.8 Å². The van der Waals surface area contributed by atoms with Gasteiger partial charge in [-0.3, -0.25) is 9.89 Å². The number of amides is 1. The number of anilines is 1. The molecule has 0 saturated heterocycles. The first-order valence-corrected chi connectivity index (χ1v) is 6.98. The lowest BCUT2D eigenvalue weighted by Crippen LogP contribution is -2.17. The second-order valence-corrected chi connectivity index (χ2v) is 5.42. The van der Waals surface area contributed by atoms with Gasteiger partial charge in [-0.15, -0.1) is 0 Å². The Morgan fingerprint density at radius 1 is 1.28 bits per heavy atom. The van der Waals surface area contributed by atoms with Crippen LogP contribution in [0, 0.1) is 19.8 Å². The number of aromatic nitrogens is 2. The molecule has 0 aromatic carbocycles. The van der Waals surface area contributed by atoms with Crippen LogP contribution in [0.1, 0.15) is 56.3 Å². The number of hydrogen-bond donors (Lipinski definition) is 2. The Morgan fingerprint density at radius 2 is 1.94 bits per heavy atom. The zero-order valence-corrected chi connectivity index (χ0v) is 11.4. The lowest BCUT2D eigenvalue weighted by atomic mass is 9.96. The van der Waals surface area contributed by atoms with Crippen molar-refractivity contribution in [1.29, 1.82) is 0 Å². The van der Waals surface area contributed by atoms with E-state index in [0.717, 1.165) is 17.1 Å². The van der Waals surface area contributed by atoms with Crippen LogP contribution in [-0.4, -0.2) is 16.1 Å². The van der Waals surface area contributed by atoms with E-state index in [1.54, 1.807) is 0 Å². The third-order valence-electron chi connectivity index (χ3n) is 3.84. The number of carbonyl (C=O) groups excluding carboxylic acids is 1. The normalized spacial score (nSPS) is 17.4. The number of H-pyrrole nitrogens is 1. The molecule has 0 aliphatic heterocycles. The Balaban J connectivity index is 1.88. The van der Waals surface area contributed by atoms with Crippen molar-refractivity contribution in [2.45, 2.75) is 58.8 Å². The molecule has 18 heavy (non-hydrogen) atoms. The van der Waals surface area contributed by atoms with Crippen LogP contribution in [0.15, 0.2) is 0 Å². The fourth-order valence-electron chi connectivity index (χ4n) is 2.76. The Bertz CT molecular complexity index is 384. The van der Waals surface area contributed by atoms with Crippen molar-refractivity contribution in [3.8, 4) is 0 Å². The molecule has 1 aromatic rings. The molecule has 1 fully saturated rings. The molecule has 100 valence electrons. The molecule has 2 rings (SSSR count). The predicted octanol–water partition coefficient (Wildman–Crippen LogP) is 3.33. The van der Waals surface area contributed by atoms with Gasteiger partial charge in [0.25, 0.3) is 0 Å². The summed E-state index contributed by atoms with van der Waals surface area (Å²) in [6.07, 6.45) is 8.29. The number of nitrogens with one attached hydrogen (secondary N) is 2. The van der Waals surface area contributed by atoms with Crippen molar-refractivity contribution < 1.29 is 4.79 Å². The van der Waals surface area contributed by atoms with Crippen LogP contribution in [0.25, 0.3) is 0 Å². The van der Waals surface area contributed by atoms with Gasteiger partial charge in [0.15, 0.2) is 0 Å². The summed E-state index contributed by atoms with van der Waals surface area (Å²) in [5, 5.41) is 9.98. The molecule has 1 aliphatic carbocycles. The van der Waals surface area contributed by atoms with Crippen LogP contribution < -0.4 is 5.32 Å². The van der Waals surface area contributed by atoms with Gasteiger partial charge in [0, 0.05) is 6.42 Å². The molecule has 1 aliphatic rings. The Morgan fingerprint density at radius 3 is 2.50 bits per heavy atom. The highest BCUT2D eigenvalue weighted by atomic mass is 16.1. The van der Waals surface area contributed by atoms with Crippen LogP contribution in [0.2, 0.25) is 0 Å². The molecule has 4 heteroatoms. The number of hydrogen-bond acceptors (Lipinski definition) is 2. The lowest BCUT2D eigenvalue weighted by Gasteiger charge is -2.13. The molecule has 4 nitrogen and oxygen atoms in total. The molecule has 2 N–H and O–H groups in total. The third-order valence-corrected chi connectivity index (χ3v) is 3.84. The molecule has 1 amide bonds. The maximum atomic E-state index is 12.0. The average molecular weight is 249 g/mol. The zero-order chi connectivity index (χ0) is 13.0. The first kappa shape index (κ1) is 13.1. The van der Waals surface area contributed by atoms with E-state index in [4.69, 9.17) is 0 Å². The lowest BCUT2D eigenvalue weighted by molar-refractivity contribution is -0.117. The van der Waals surface area contributed by atoms with Crippen LogP contribution in [-0.2, 0) is 4.79 Å². The van der Waals surface area contributed by atoms with Crippen LogP contribution in [0.3, 0.4) is 0 Å². The maximum Gasteiger partial charge on any atom is 0.224 e. The molecule has 0 radical (unpaired) electrons. The predicted molar refractivity (Wildman–Crippen MR) is 72.5 cm³/mol. The van der Waals surface area contributed by atoms with Crippen molar-refractivity contribution in [3.63, 3.8) is 0 Å². The minimum absolute atomic E-state index is 0.134. The molecule has 0 unspecified atom stereocenters. The van der Waals surface area contributed by atoms with Crippen molar-refractivity contribution in [1.82, 2.24) is 10.2 Å². The first-order chi connectivity index (χ1) is 8.66. The average Bonchev–Trinajstić information content (AvgIpc) is 2.59. The molecule has 1 heterocycles. The van der Waals surface area contributed by atoms with E-state index in [0.29, 0.717) is 12.3 Å². The fraction of sp³-hybridized carbons (Fsp3) is 0.714. The van der Waals surface area contributed by atoms with E-state index in [9.17, 15) is 4.79 Å². The van der Waals surface area contributed by atoms with Crippen molar-refractivity contribution >= 4 is 11.6 Å². The third kappa shape index (κ3) is 3.34. The summed E-state index contributed by atoms with van der Waals surface area (Å²) in [7, 11) is 0. The Hall–Kier alpha value is -1.32. The van der Waals surface area contributed by atoms with Crippen molar-refractivity contribution in [2.24, 2.45) is 5.92 Å². The van der Waals surface area contributed by atoms with Crippen LogP contribution >= 0.6 is 0 Å². The highest BCUT2D eigenvalue weighted by Gasteiger charge is 2.17. The van der Waals surface area contributed by atoms with Gasteiger partial charge in [-0.25, -0.2) is 0 Å². The van der Waals surface area contributed by atoms with Crippen molar-refractivity contribution in [2.75, 3.05) is 5.32 Å². The number of carbonyl (C=O) groups is 1. The summed E-state index contributed by atoms with van der Waals surface area (Å²) in [4.78, 5) is 12.0. The molecule has 1 aromatic heterocycles. The summed E-state index contributed by atoms with van der Waals surface area (Å²) in [5.74, 6) is 0.703. The van der Waals surface area contributed by atoms with Gasteiger partial charge >= 0.3 is 0 Å². The smallest absolute Gasteiger partial charge is 0.224 e. The minimum atomic E-state index is 0.134. The van der Waals surface area contributed by atoms with Gasteiger partial charge in [0.1, 0.15) is 0 Å². The Kier molecular flexibility index (Phi) is 4.39. The minimum Gasteiger partial charge on any atom is -0.323 e. The Labute approximate surface area is 109 Å². The molecule has 0 spiro atoms. The van der Waals surface area contributed by atoms with Gasteiger partial charge in [-0.05, 0) is 32.6 Å². The zero-order valence-electron chi connectivity index (χ0n) is 11.4. The molecule has 0 bridgehead atoms. The van der Waals surface area contributed by atoms with Crippen LogP contribution in [0.4, 0.5) is 5.69 Å². The van der Waals surface area contributed by atoms with Gasteiger partial charge < -0.3 is 5.32 Å². The van der Waals surface area contributed by atoms with E-state index in [-0.39, 0.29) is 5.91 Å². The molecule has 0 atom stereocenters. The summed E-state index contributed by atoms with van der Waals surface area (Å²) < 4.78 is 0. The van der Waals surface area contributed by atoms with Gasteiger partial charge in [-0.2, -0.15) is 5.10 Å². The topological polar surface area (TPSA) is 57.8 Å². The largest absolute Gasteiger partial charge is 0.323 e. The van der Waals surface area contributed by atoms with E-state index >= 15 is 0 Å². The van der Waals surface area contributed by atoms with E-state index in [2.05, 4.69) is 15.5 Å². The van der Waals surface area contributed by atoms with E-state index in [1.165, 1.54) is 38.5 Å². The summed E-state index contributed by atoms with van der Waals surface area (Å²) in [6, 6.07) is 0.